The molecule has 25 heavy (non-hydrogen) atoms. The molecule has 0 radical (unpaired) electrons. The van der Waals surface area contributed by atoms with E-state index in [1.165, 1.54) is 0 Å². The standard InChI is InChI=1S/C20H16Cl3NO/c21-16-5-3-4-14(10-16)13-25-20-9-8-17(22)11-15(20)12-24-19-7-2-1-6-18(19)23/h1-11,24H,12-13H2. The summed E-state index contributed by atoms with van der Waals surface area (Å²) in [6, 6.07) is 20.8. The fourth-order valence-corrected chi connectivity index (χ4v) is 3.02. The van der Waals surface area contributed by atoms with Gasteiger partial charge < -0.3 is 10.1 Å². The Labute approximate surface area is 162 Å². The van der Waals surface area contributed by atoms with E-state index in [1.807, 2.05) is 66.7 Å². The normalized spacial score (nSPS) is 10.5. The second kappa shape index (κ2) is 8.48. The van der Waals surface area contributed by atoms with Crippen molar-refractivity contribution >= 4 is 40.5 Å². The number of halogens is 3. The lowest BCUT2D eigenvalue weighted by molar-refractivity contribution is 0.303. The van der Waals surface area contributed by atoms with Crippen molar-refractivity contribution in [1.29, 1.82) is 0 Å². The summed E-state index contributed by atoms with van der Waals surface area (Å²) in [7, 11) is 0. The van der Waals surface area contributed by atoms with Gasteiger partial charge in [0.25, 0.3) is 0 Å². The first-order chi connectivity index (χ1) is 12.1. The molecule has 0 heterocycles. The molecule has 3 rings (SSSR count). The predicted molar refractivity (Wildman–Crippen MR) is 106 cm³/mol. The quantitative estimate of drug-likeness (QED) is 0.496. The Bertz CT molecular complexity index is 867. The van der Waals surface area contributed by atoms with Crippen molar-refractivity contribution in [1.82, 2.24) is 0 Å². The van der Waals surface area contributed by atoms with E-state index in [0.717, 1.165) is 22.6 Å². The molecular formula is C20H16Cl3NO. The van der Waals surface area contributed by atoms with E-state index in [9.17, 15) is 0 Å². The average Bonchev–Trinajstić information content (AvgIpc) is 2.60. The molecule has 0 aliphatic heterocycles. The highest BCUT2D eigenvalue weighted by atomic mass is 35.5. The number of hydrogen-bond donors (Lipinski definition) is 1. The van der Waals surface area contributed by atoms with Gasteiger partial charge >= 0.3 is 0 Å². The Morgan fingerprint density at radius 2 is 1.60 bits per heavy atom. The van der Waals surface area contributed by atoms with Crippen molar-refractivity contribution in [3.63, 3.8) is 0 Å². The number of benzene rings is 3. The van der Waals surface area contributed by atoms with E-state index in [-0.39, 0.29) is 0 Å². The van der Waals surface area contributed by atoms with Crippen LogP contribution in [0.2, 0.25) is 15.1 Å². The molecule has 0 aliphatic carbocycles. The van der Waals surface area contributed by atoms with E-state index in [0.29, 0.717) is 28.2 Å². The Hall–Kier alpha value is -1.87. The number of para-hydroxylation sites is 1. The third kappa shape index (κ3) is 5.05. The molecule has 2 nitrogen and oxygen atoms in total. The molecule has 5 heteroatoms. The number of hydrogen-bond acceptors (Lipinski definition) is 2. The molecule has 0 spiro atoms. The number of rotatable bonds is 6. The zero-order chi connectivity index (χ0) is 17.6. The topological polar surface area (TPSA) is 21.3 Å². The van der Waals surface area contributed by atoms with Crippen molar-refractivity contribution in [3.05, 3.63) is 92.9 Å². The maximum Gasteiger partial charge on any atom is 0.124 e. The largest absolute Gasteiger partial charge is 0.489 e. The third-order valence-electron chi connectivity index (χ3n) is 3.65. The van der Waals surface area contributed by atoms with Crippen molar-refractivity contribution in [2.24, 2.45) is 0 Å². The molecule has 128 valence electrons. The van der Waals surface area contributed by atoms with Crippen molar-refractivity contribution in [3.8, 4) is 5.75 Å². The van der Waals surface area contributed by atoms with E-state index < -0.39 is 0 Å². The molecule has 0 amide bonds. The first-order valence-corrected chi connectivity index (χ1v) is 8.89. The average molecular weight is 393 g/mol. The van der Waals surface area contributed by atoms with Crippen LogP contribution in [0.5, 0.6) is 5.75 Å². The molecule has 0 atom stereocenters. The summed E-state index contributed by atoms with van der Waals surface area (Å²) in [4.78, 5) is 0. The Balaban J connectivity index is 1.73. The highest BCUT2D eigenvalue weighted by molar-refractivity contribution is 6.33. The molecule has 0 bridgehead atoms. The van der Waals surface area contributed by atoms with Crippen molar-refractivity contribution in [2.45, 2.75) is 13.2 Å². The minimum absolute atomic E-state index is 0.432. The fourth-order valence-electron chi connectivity index (χ4n) is 2.41. The molecule has 0 saturated carbocycles. The van der Waals surface area contributed by atoms with Gasteiger partial charge in [0.15, 0.2) is 0 Å². The van der Waals surface area contributed by atoms with Gasteiger partial charge in [-0.2, -0.15) is 0 Å². The molecule has 0 unspecified atom stereocenters. The number of anilines is 1. The molecule has 0 fully saturated rings. The van der Waals surface area contributed by atoms with Crippen LogP contribution >= 0.6 is 34.8 Å². The second-order valence-electron chi connectivity index (χ2n) is 5.50. The molecule has 0 aromatic heterocycles. The van der Waals surface area contributed by atoms with E-state index in [2.05, 4.69) is 5.32 Å². The summed E-state index contributed by atoms with van der Waals surface area (Å²) < 4.78 is 5.96. The predicted octanol–water partition coefficient (Wildman–Crippen LogP) is 6.84. The van der Waals surface area contributed by atoms with Gasteiger partial charge in [0, 0.05) is 22.2 Å². The first kappa shape index (κ1) is 17.9. The maximum absolute atomic E-state index is 6.19. The van der Waals surface area contributed by atoms with Gasteiger partial charge in [-0.15, -0.1) is 0 Å². The molecule has 3 aromatic carbocycles. The van der Waals surface area contributed by atoms with Crippen LogP contribution in [0.3, 0.4) is 0 Å². The van der Waals surface area contributed by atoms with Crippen LogP contribution in [0.1, 0.15) is 11.1 Å². The van der Waals surface area contributed by atoms with Gasteiger partial charge in [-0.05, 0) is 48.0 Å². The zero-order valence-electron chi connectivity index (χ0n) is 13.3. The van der Waals surface area contributed by atoms with Gasteiger partial charge in [0.1, 0.15) is 12.4 Å². The summed E-state index contributed by atoms with van der Waals surface area (Å²) >= 11 is 18.3. The molecule has 0 aliphatic rings. The second-order valence-corrected chi connectivity index (χ2v) is 6.78. The van der Waals surface area contributed by atoms with Crippen LogP contribution in [0.4, 0.5) is 5.69 Å². The zero-order valence-corrected chi connectivity index (χ0v) is 15.6. The Kier molecular flexibility index (Phi) is 6.09. The summed E-state index contributed by atoms with van der Waals surface area (Å²) in [6.07, 6.45) is 0. The highest BCUT2D eigenvalue weighted by Gasteiger charge is 2.07. The van der Waals surface area contributed by atoms with E-state index in [4.69, 9.17) is 39.5 Å². The highest BCUT2D eigenvalue weighted by Crippen LogP contribution is 2.27. The van der Waals surface area contributed by atoms with Gasteiger partial charge in [0.05, 0.1) is 10.7 Å². The summed E-state index contributed by atoms with van der Waals surface area (Å²) in [5.41, 5.74) is 2.83. The van der Waals surface area contributed by atoms with E-state index >= 15 is 0 Å². The number of nitrogens with one attached hydrogen (secondary N) is 1. The van der Waals surface area contributed by atoms with Gasteiger partial charge in [0.2, 0.25) is 0 Å². The van der Waals surface area contributed by atoms with Gasteiger partial charge in [-0.3, -0.25) is 0 Å². The molecule has 3 aromatic rings. The number of ether oxygens (including phenoxy) is 1. The minimum atomic E-state index is 0.432. The van der Waals surface area contributed by atoms with Crippen LogP contribution in [0, 0.1) is 0 Å². The summed E-state index contributed by atoms with van der Waals surface area (Å²) in [5.74, 6) is 0.768. The summed E-state index contributed by atoms with van der Waals surface area (Å²) in [5, 5.41) is 5.34. The lowest BCUT2D eigenvalue weighted by Crippen LogP contribution is -2.04. The van der Waals surface area contributed by atoms with Crippen LogP contribution in [0.25, 0.3) is 0 Å². The van der Waals surface area contributed by atoms with Gasteiger partial charge in [-0.1, -0.05) is 59.1 Å². The van der Waals surface area contributed by atoms with Crippen molar-refractivity contribution < 1.29 is 4.74 Å². The maximum atomic E-state index is 6.19. The van der Waals surface area contributed by atoms with Crippen LogP contribution in [-0.4, -0.2) is 0 Å². The lowest BCUT2D eigenvalue weighted by atomic mass is 10.2. The third-order valence-corrected chi connectivity index (χ3v) is 4.45. The Morgan fingerprint density at radius 1 is 0.800 bits per heavy atom. The molecule has 1 N–H and O–H groups in total. The van der Waals surface area contributed by atoms with Crippen LogP contribution < -0.4 is 10.1 Å². The molecular weight excluding hydrogens is 377 g/mol. The van der Waals surface area contributed by atoms with E-state index in [1.54, 1.807) is 0 Å². The Morgan fingerprint density at radius 3 is 2.40 bits per heavy atom. The van der Waals surface area contributed by atoms with Crippen LogP contribution in [0.15, 0.2) is 66.7 Å². The van der Waals surface area contributed by atoms with Gasteiger partial charge in [-0.25, -0.2) is 0 Å². The molecule has 0 saturated heterocycles. The monoisotopic (exact) mass is 391 g/mol. The van der Waals surface area contributed by atoms with Crippen LogP contribution in [-0.2, 0) is 13.2 Å². The minimum Gasteiger partial charge on any atom is -0.489 e. The fraction of sp³-hybridized carbons (Fsp3) is 0.100. The smallest absolute Gasteiger partial charge is 0.124 e. The SMILES string of the molecule is Clc1cccc(COc2ccc(Cl)cc2CNc2ccccc2Cl)c1. The van der Waals surface area contributed by atoms with Crippen molar-refractivity contribution in [2.75, 3.05) is 5.32 Å². The lowest BCUT2D eigenvalue weighted by Gasteiger charge is -2.14. The first-order valence-electron chi connectivity index (χ1n) is 7.76. The summed E-state index contributed by atoms with van der Waals surface area (Å²) in [6.45, 7) is 0.983.